The molecule has 37 heavy (non-hydrogen) atoms. The van der Waals surface area contributed by atoms with E-state index < -0.39 is 7.26 Å². The van der Waals surface area contributed by atoms with E-state index in [-0.39, 0.29) is 5.12 Å². The Balaban J connectivity index is 1.62. The van der Waals surface area contributed by atoms with E-state index in [4.69, 9.17) is 21.1 Å². The van der Waals surface area contributed by atoms with Crippen LogP contribution in [0.15, 0.2) is 140 Å². The molecule has 0 saturated carbocycles. The van der Waals surface area contributed by atoms with Gasteiger partial charge >= 0.3 is 0 Å². The van der Waals surface area contributed by atoms with Gasteiger partial charge in [0.25, 0.3) is 0 Å². The lowest BCUT2D eigenvalue weighted by molar-refractivity contribution is 0.284. The van der Waals surface area contributed by atoms with Crippen LogP contribution < -0.4 is 25.4 Å². The first kappa shape index (κ1) is 25.1. The van der Waals surface area contributed by atoms with Crippen LogP contribution in [0.1, 0.15) is 16.2 Å². The second kappa shape index (κ2) is 11.6. The number of rotatable bonds is 9. The summed E-state index contributed by atoms with van der Waals surface area (Å²) in [6, 6.07) is 48.2. The van der Waals surface area contributed by atoms with Gasteiger partial charge in [0.1, 0.15) is 29.8 Å². The molecule has 0 aliphatic heterocycles. The molecule has 0 radical (unpaired) electrons. The van der Waals surface area contributed by atoms with E-state index in [1.165, 1.54) is 15.9 Å². The van der Waals surface area contributed by atoms with Crippen molar-refractivity contribution in [1.82, 2.24) is 0 Å². The van der Waals surface area contributed by atoms with Crippen LogP contribution in [0.5, 0.6) is 11.5 Å². The molecule has 184 valence electrons. The van der Waals surface area contributed by atoms with Crippen molar-refractivity contribution in [2.45, 2.75) is 11.7 Å². The van der Waals surface area contributed by atoms with Crippen LogP contribution in [0.25, 0.3) is 0 Å². The molecular weight excluding hydrogens is 495 g/mol. The highest BCUT2D eigenvalue weighted by molar-refractivity contribution is 7.96. The van der Waals surface area contributed by atoms with E-state index in [0.29, 0.717) is 18.1 Å². The summed E-state index contributed by atoms with van der Waals surface area (Å²) in [7, 11) is -0.633. The van der Waals surface area contributed by atoms with Gasteiger partial charge in [-0.15, -0.1) is 0 Å². The minimum Gasteiger partial charge on any atom is -0.493 e. The fourth-order valence-corrected chi connectivity index (χ4v) is 10.1. The third kappa shape index (κ3) is 5.14. The van der Waals surface area contributed by atoms with Gasteiger partial charge in [-0.1, -0.05) is 96.5 Å². The van der Waals surface area contributed by atoms with Gasteiger partial charge in [-0.05, 0) is 60.2 Å². The van der Waals surface area contributed by atoms with E-state index in [1.807, 2.05) is 42.5 Å². The quantitative estimate of drug-likeness (QED) is 0.147. The zero-order valence-electron chi connectivity index (χ0n) is 20.7. The number of ether oxygens (including phenoxy) is 2. The summed E-state index contributed by atoms with van der Waals surface area (Å²) < 4.78 is 11.9. The highest BCUT2D eigenvalue weighted by atomic mass is 35.5. The van der Waals surface area contributed by atoms with Crippen molar-refractivity contribution in [2.24, 2.45) is 0 Å². The molecule has 0 heterocycles. The molecule has 1 unspecified atom stereocenters. The Labute approximate surface area is 224 Å². The lowest BCUT2D eigenvalue weighted by Gasteiger charge is -2.32. The molecule has 0 aliphatic rings. The van der Waals surface area contributed by atoms with Crippen LogP contribution in [0.4, 0.5) is 0 Å². The van der Waals surface area contributed by atoms with Crippen molar-refractivity contribution in [3.05, 3.63) is 151 Å². The summed E-state index contributed by atoms with van der Waals surface area (Å²) in [5.74, 6) is 1.37. The number of hydrogen-bond acceptors (Lipinski definition) is 2. The van der Waals surface area contributed by atoms with Crippen molar-refractivity contribution in [3.8, 4) is 11.5 Å². The molecule has 0 spiro atoms. The standard InChI is InChI=1S/C33H29ClO2P/c1-35-32-24-27(22-23-31(32)36-25-26-14-6-2-7-15-26)33(34)37(28-16-8-3-9-17-28,29-18-10-4-11-19-29)30-20-12-5-13-21-30/h2-24,33H,25H2,1H3/q+1. The predicted molar refractivity (Wildman–Crippen MR) is 158 cm³/mol. The van der Waals surface area contributed by atoms with Gasteiger partial charge in [0, 0.05) is 5.56 Å². The molecule has 2 nitrogen and oxygen atoms in total. The molecule has 0 N–H and O–H groups in total. The van der Waals surface area contributed by atoms with Crippen molar-refractivity contribution >= 4 is 34.8 Å². The molecule has 5 aromatic rings. The predicted octanol–water partition coefficient (Wildman–Crippen LogP) is 7.51. The van der Waals surface area contributed by atoms with Crippen molar-refractivity contribution in [2.75, 3.05) is 7.11 Å². The molecule has 5 rings (SSSR count). The van der Waals surface area contributed by atoms with Gasteiger partial charge < -0.3 is 9.47 Å². The molecular formula is C33H29ClO2P+. The topological polar surface area (TPSA) is 18.5 Å². The van der Waals surface area contributed by atoms with E-state index in [9.17, 15) is 0 Å². The van der Waals surface area contributed by atoms with Crippen LogP contribution in [0.2, 0.25) is 0 Å². The van der Waals surface area contributed by atoms with Gasteiger partial charge in [-0.3, -0.25) is 0 Å². The van der Waals surface area contributed by atoms with Gasteiger partial charge in [-0.2, -0.15) is 0 Å². The number of halogens is 1. The van der Waals surface area contributed by atoms with Crippen LogP contribution in [-0.4, -0.2) is 7.11 Å². The van der Waals surface area contributed by atoms with Gasteiger partial charge in [0.15, 0.2) is 16.6 Å². The lowest BCUT2D eigenvalue weighted by atomic mass is 10.2. The molecule has 1 atom stereocenters. The zero-order chi connectivity index (χ0) is 25.5. The summed E-state index contributed by atoms with van der Waals surface area (Å²) in [6.07, 6.45) is 0. The van der Waals surface area contributed by atoms with Crippen molar-refractivity contribution in [1.29, 1.82) is 0 Å². The molecule has 0 bridgehead atoms. The molecule has 4 heteroatoms. The zero-order valence-corrected chi connectivity index (χ0v) is 22.4. The Morgan fingerprint density at radius 2 is 1.05 bits per heavy atom. The third-order valence-corrected chi connectivity index (χ3v) is 12.0. The Kier molecular flexibility index (Phi) is 7.90. The summed E-state index contributed by atoms with van der Waals surface area (Å²) in [6.45, 7) is 0.468. The lowest BCUT2D eigenvalue weighted by Crippen LogP contribution is -2.33. The second-order valence-corrected chi connectivity index (χ2v) is 13.0. The molecule has 0 aromatic heterocycles. The Bertz CT molecular complexity index is 1310. The Morgan fingerprint density at radius 3 is 1.51 bits per heavy atom. The maximum absolute atomic E-state index is 7.64. The van der Waals surface area contributed by atoms with Crippen LogP contribution in [-0.2, 0) is 6.61 Å². The van der Waals surface area contributed by atoms with E-state index >= 15 is 0 Å². The first-order chi connectivity index (χ1) is 18.2. The highest BCUT2D eigenvalue weighted by Crippen LogP contribution is 2.68. The molecule has 0 amide bonds. The van der Waals surface area contributed by atoms with Gasteiger partial charge in [0.2, 0.25) is 0 Å². The third-order valence-electron chi connectivity index (χ3n) is 6.53. The number of methoxy groups -OCH3 is 1. The van der Waals surface area contributed by atoms with Crippen molar-refractivity contribution < 1.29 is 9.47 Å². The largest absolute Gasteiger partial charge is 0.493 e. The first-order valence-electron chi connectivity index (χ1n) is 12.3. The minimum absolute atomic E-state index is 0.322. The fourth-order valence-electron chi connectivity index (χ4n) is 4.74. The maximum Gasteiger partial charge on any atom is 0.181 e. The number of hydrogen-bond donors (Lipinski definition) is 0. The van der Waals surface area contributed by atoms with E-state index in [1.54, 1.807) is 7.11 Å². The molecule has 5 aromatic carbocycles. The number of benzene rings is 5. The Hall–Kier alpha value is -3.58. The van der Waals surface area contributed by atoms with E-state index in [0.717, 1.165) is 11.1 Å². The van der Waals surface area contributed by atoms with Gasteiger partial charge in [-0.25, -0.2) is 0 Å². The average Bonchev–Trinajstić information content (AvgIpc) is 2.98. The maximum atomic E-state index is 7.64. The fraction of sp³-hybridized carbons (Fsp3) is 0.0909. The highest BCUT2D eigenvalue weighted by Gasteiger charge is 2.52. The van der Waals surface area contributed by atoms with Crippen molar-refractivity contribution in [3.63, 3.8) is 0 Å². The second-order valence-electron chi connectivity index (χ2n) is 8.75. The smallest absolute Gasteiger partial charge is 0.181 e. The summed E-state index contributed by atoms with van der Waals surface area (Å²) >= 11 is 7.64. The summed E-state index contributed by atoms with van der Waals surface area (Å²) in [4.78, 5) is 0. The van der Waals surface area contributed by atoms with Crippen LogP contribution >= 0.6 is 18.9 Å². The average molecular weight is 524 g/mol. The van der Waals surface area contributed by atoms with Crippen LogP contribution in [0, 0.1) is 0 Å². The molecule has 0 aliphatic carbocycles. The van der Waals surface area contributed by atoms with Gasteiger partial charge in [0.05, 0.1) is 7.11 Å². The SMILES string of the molecule is COc1cc(C(Cl)[P+](c2ccccc2)(c2ccccc2)c2ccccc2)ccc1OCc1ccccc1. The number of alkyl halides is 1. The Morgan fingerprint density at radius 1 is 0.595 bits per heavy atom. The molecule has 0 fully saturated rings. The first-order valence-corrected chi connectivity index (χ1v) is 14.6. The van der Waals surface area contributed by atoms with E-state index in [2.05, 4.69) is 97.1 Å². The summed E-state index contributed by atoms with van der Waals surface area (Å²) in [5.41, 5.74) is 2.10. The summed E-state index contributed by atoms with van der Waals surface area (Å²) in [5, 5.41) is 3.37. The minimum atomic E-state index is -2.31. The molecule has 0 saturated heterocycles. The normalized spacial score (nSPS) is 12.1. The van der Waals surface area contributed by atoms with Crippen LogP contribution in [0.3, 0.4) is 0 Å². The monoisotopic (exact) mass is 523 g/mol.